The van der Waals surface area contributed by atoms with Gasteiger partial charge in [-0.25, -0.2) is 9.97 Å². The molecule has 0 fully saturated rings. The predicted octanol–water partition coefficient (Wildman–Crippen LogP) is 2.26. The van der Waals surface area contributed by atoms with Crippen molar-refractivity contribution in [2.24, 2.45) is 0 Å². The molecule has 1 heterocycles. The van der Waals surface area contributed by atoms with Gasteiger partial charge in [-0.15, -0.1) is 0 Å². The Kier molecular flexibility index (Phi) is 3.50. The van der Waals surface area contributed by atoms with Gasteiger partial charge in [-0.3, -0.25) is 0 Å². The van der Waals surface area contributed by atoms with E-state index in [2.05, 4.69) is 22.2 Å². The molecule has 0 spiro atoms. The third kappa shape index (κ3) is 3.08. The van der Waals surface area contributed by atoms with Gasteiger partial charge in [0.25, 0.3) is 0 Å². The lowest BCUT2D eigenvalue weighted by molar-refractivity contribution is 0.122. The molecule has 1 N–H and O–H groups in total. The third-order valence-corrected chi connectivity index (χ3v) is 1.90. The molecular formula is C11H19N3O. The van der Waals surface area contributed by atoms with E-state index in [1.165, 1.54) is 6.33 Å². The van der Waals surface area contributed by atoms with Crippen LogP contribution in [0.3, 0.4) is 0 Å². The van der Waals surface area contributed by atoms with Gasteiger partial charge < -0.3 is 10.1 Å². The lowest BCUT2D eigenvalue weighted by Crippen LogP contribution is -2.24. The molecule has 0 unspecified atom stereocenters. The van der Waals surface area contributed by atoms with Gasteiger partial charge in [0, 0.05) is 7.05 Å². The zero-order chi connectivity index (χ0) is 11.5. The second-order valence-electron chi connectivity index (χ2n) is 4.32. The van der Waals surface area contributed by atoms with E-state index in [9.17, 15) is 0 Å². The molecule has 0 saturated carbocycles. The van der Waals surface area contributed by atoms with Crippen LogP contribution < -0.4 is 10.1 Å². The first-order valence-corrected chi connectivity index (χ1v) is 5.18. The molecule has 15 heavy (non-hydrogen) atoms. The summed E-state index contributed by atoms with van der Waals surface area (Å²) >= 11 is 0. The second-order valence-corrected chi connectivity index (χ2v) is 4.32. The molecule has 84 valence electrons. The number of ether oxygens (including phenoxy) is 1. The summed E-state index contributed by atoms with van der Waals surface area (Å²) < 4.78 is 5.78. The number of nitrogens with one attached hydrogen (secondary N) is 1. The van der Waals surface area contributed by atoms with E-state index in [0.29, 0.717) is 5.88 Å². The minimum absolute atomic E-state index is 0.233. The fourth-order valence-corrected chi connectivity index (χ4v) is 1.31. The van der Waals surface area contributed by atoms with Gasteiger partial charge >= 0.3 is 0 Å². The molecule has 0 aromatic carbocycles. The molecule has 0 aliphatic heterocycles. The topological polar surface area (TPSA) is 47.0 Å². The van der Waals surface area contributed by atoms with Gasteiger partial charge in [0.15, 0.2) is 0 Å². The number of rotatable bonds is 3. The molecule has 0 radical (unpaired) electrons. The van der Waals surface area contributed by atoms with Crippen molar-refractivity contribution in [1.29, 1.82) is 0 Å². The first-order valence-electron chi connectivity index (χ1n) is 5.18. The molecule has 4 nitrogen and oxygen atoms in total. The summed E-state index contributed by atoms with van der Waals surface area (Å²) in [6.07, 6.45) is 2.37. The van der Waals surface area contributed by atoms with Crippen LogP contribution in [0.2, 0.25) is 0 Å². The molecule has 0 saturated heterocycles. The van der Waals surface area contributed by atoms with Crippen LogP contribution in [0.5, 0.6) is 5.88 Å². The van der Waals surface area contributed by atoms with Gasteiger partial charge in [0.2, 0.25) is 5.88 Å². The molecule has 0 amide bonds. The van der Waals surface area contributed by atoms with Crippen molar-refractivity contribution in [2.75, 3.05) is 12.4 Å². The standard InChI is InChI=1S/C11H19N3O/c1-6-8-9(12-5)13-7-14-10(8)15-11(2,3)4/h7H,6H2,1-5H3,(H,12,13,14). The van der Waals surface area contributed by atoms with Gasteiger partial charge in [-0.1, -0.05) is 6.92 Å². The normalized spacial score (nSPS) is 11.3. The summed E-state index contributed by atoms with van der Waals surface area (Å²) in [5.41, 5.74) is 0.790. The van der Waals surface area contributed by atoms with Gasteiger partial charge in [-0.05, 0) is 27.2 Å². The van der Waals surface area contributed by atoms with E-state index in [1.807, 2.05) is 27.8 Å². The Balaban J connectivity index is 3.06. The summed E-state index contributed by atoms with van der Waals surface area (Å²) in [6, 6.07) is 0. The molecular weight excluding hydrogens is 190 g/mol. The zero-order valence-corrected chi connectivity index (χ0v) is 10.1. The Morgan fingerprint density at radius 2 is 2.00 bits per heavy atom. The van der Waals surface area contributed by atoms with Gasteiger partial charge in [0.05, 0.1) is 5.56 Å². The fourth-order valence-electron chi connectivity index (χ4n) is 1.31. The summed E-state index contributed by atoms with van der Waals surface area (Å²) in [5, 5.41) is 3.04. The Labute approximate surface area is 91.1 Å². The first kappa shape index (κ1) is 11.8. The number of hydrogen-bond acceptors (Lipinski definition) is 4. The van der Waals surface area contributed by atoms with Crippen molar-refractivity contribution in [3.05, 3.63) is 11.9 Å². The molecule has 1 aromatic rings. The van der Waals surface area contributed by atoms with Crippen LogP contribution in [0.1, 0.15) is 33.3 Å². The lowest BCUT2D eigenvalue weighted by atomic mass is 10.2. The van der Waals surface area contributed by atoms with Crippen molar-refractivity contribution in [1.82, 2.24) is 9.97 Å². The lowest BCUT2D eigenvalue weighted by Gasteiger charge is -2.22. The smallest absolute Gasteiger partial charge is 0.222 e. The van der Waals surface area contributed by atoms with E-state index in [4.69, 9.17) is 4.74 Å². The van der Waals surface area contributed by atoms with Crippen molar-refractivity contribution in [3.63, 3.8) is 0 Å². The minimum Gasteiger partial charge on any atom is -0.472 e. The van der Waals surface area contributed by atoms with Crippen molar-refractivity contribution >= 4 is 5.82 Å². The number of aromatic nitrogens is 2. The average Bonchev–Trinajstić information content (AvgIpc) is 2.15. The van der Waals surface area contributed by atoms with E-state index in [0.717, 1.165) is 17.8 Å². The van der Waals surface area contributed by atoms with Crippen molar-refractivity contribution in [3.8, 4) is 5.88 Å². The van der Waals surface area contributed by atoms with Crippen molar-refractivity contribution in [2.45, 2.75) is 39.7 Å². The predicted molar refractivity (Wildman–Crippen MR) is 61.3 cm³/mol. The molecule has 1 rings (SSSR count). The van der Waals surface area contributed by atoms with Crippen LogP contribution in [0.4, 0.5) is 5.82 Å². The van der Waals surface area contributed by atoms with E-state index in [1.54, 1.807) is 0 Å². The van der Waals surface area contributed by atoms with Crippen LogP contribution in [0, 0.1) is 0 Å². The Morgan fingerprint density at radius 3 is 2.47 bits per heavy atom. The number of anilines is 1. The highest BCUT2D eigenvalue weighted by molar-refractivity contribution is 5.48. The highest BCUT2D eigenvalue weighted by Crippen LogP contribution is 2.25. The maximum Gasteiger partial charge on any atom is 0.222 e. The maximum absolute atomic E-state index is 5.78. The molecule has 0 bridgehead atoms. The van der Waals surface area contributed by atoms with Gasteiger partial charge in [0.1, 0.15) is 17.7 Å². The molecule has 4 heteroatoms. The van der Waals surface area contributed by atoms with Crippen LogP contribution in [-0.2, 0) is 6.42 Å². The second kappa shape index (κ2) is 4.47. The third-order valence-electron chi connectivity index (χ3n) is 1.90. The number of nitrogens with zero attached hydrogens (tertiary/aromatic N) is 2. The maximum atomic E-state index is 5.78. The van der Waals surface area contributed by atoms with Crippen molar-refractivity contribution < 1.29 is 4.74 Å². The monoisotopic (exact) mass is 209 g/mol. The Hall–Kier alpha value is -1.32. The largest absolute Gasteiger partial charge is 0.472 e. The van der Waals surface area contributed by atoms with Crippen LogP contribution in [0.25, 0.3) is 0 Å². The van der Waals surface area contributed by atoms with Gasteiger partial charge in [-0.2, -0.15) is 0 Å². The summed E-state index contributed by atoms with van der Waals surface area (Å²) in [6.45, 7) is 8.09. The molecule has 0 aliphatic carbocycles. The molecule has 0 atom stereocenters. The van der Waals surface area contributed by atoms with Crippen LogP contribution in [-0.4, -0.2) is 22.6 Å². The Morgan fingerprint density at radius 1 is 1.33 bits per heavy atom. The highest BCUT2D eigenvalue weighted by Gasteiger charge is 2.17. The number of hydrogen-bond donors (Lipinski definition) is 1. The fraction of sp³-hybridized carbons (Fsp3) is 0.636. The molecule has 1 aromatic heterocycles. The van der Waals surface area contributed by atoms with E-state index < -0.39 is 0 Å². The summed E-state index contributed by atoms with van der Waals surface area (Å²) in [7, 11) is 1.85. The zero-order valence-electron chi connectivity index (χ0n) is 10.1. The SMILES string of the molecule is CCc1c(NC)ncnc1OC(C)(C)C. The summed E-state index contributed by atoms with van der Waals surface area (Å²) in [5.74, 6) is 1.51. The van der Waals surface area contributed by atoms with E-state index >= 15 is 0 Å². The Bertz CT molecular complexity index is 331. The molecule has 0 aliphatic rings. The quantitative estimate of drug-likeness (QED) is 0.829. The highest BCUT2D eigenvalue weighted by atomic mass is 16.5. The minimum atomic E-state index is -0.233. The average molecular weight is 209 g/mol. The van der Waals surface area contributed by atoms with E-state index in [-0.39, 0.29) is 5.60 Å². The summed E-state index contributed by atoms with van der Waals surface area (Å²) in [4.78, 5) is 8.33. The van der Waals surface area contributed by atoms with Crippen LogP contribution in [0.15, 0.2) is 6.33 Å². The first-order chi connectivity index (χ1) is 6.98. The van der Waals surface area contributed by atoms with Crippen LogP contribution >= 0.6 is 0 Å².